The van der Waals surface area contributed by atoms with Crippen LogP contribution < -0.4 is 5.48 Å². The zero-order valence-electron chi connectivity index (χ0n) is 15.4. The number of sulfonamides is 1. The number of amides is 1. The summed E-state index contributed by atoms with van der Waals surface area (Å²) in [7, 11) is -3.30. The summed E-state index contributed by atoms with van der Waals surface area (Å²) < 4.78 is 42.2. The molecule has 1 aromatic carbocycles. The first-order valence-electron chi connectivity index (χ1n) is 8.57. The predicted molar refractivity (Wildman–Crippen MR) is 98.5 cm³/mol. The van der Waals surface area contributed by atoms with Crippen LogP contribution in [-0.2, 0) is 21.2 Å². The Morgan fingerprint density at radius 3 is 2.48 bits per heavy atom. The molecule has 1 saturated heterocycles. The highest BCUT2D eigenvalue weighted by Gasteiger charge is 2.28. The predicted octanol–water partition coefficient (Wildman–Crippen LogP) is -0.0879. The first-order valence-corrected chi connectivity index (χ1v) is 10.4. The van der Waals surface area contributed by atoms with Crippen molar-refractivity contribution >= 4 is 27.5 Å². The third-order valence-corrected chi connectivity index (χ3v) is 5.64. The molecule has 13 heteroatoms. The second-order valence-electron chi connectivity index (χ2n) is 6.33. The lowest BCUT2D eigenvalue weighted by molar-refractivity contribution is -0.131. The Kier molecular flexibility index (Phi) is 6.20. The number of nitrogens with one attached hydrogen (secondary N) is 1. The summed E-state index contributed by atoms with van der Waals surface area (Å²) in [5, 5.41) is 16.8. The third-order valence-electron chi connectivity index (χ3n) is 4.33. The SMILES string of the molecule is CS(=O)(=O)N1CCN(C(=O)Cc2nonc2C(=Nc2ccc(F)cc2)NO)CC1. The van der Waals surface area contributed by atoms with E-state index in [0.29, 0.717) is 5.69 Å². The van der Waals surface area contributed by atoms with E-state index in [4.69, 9.17) is 0 Å². The number of carbonyl (C=O) groups is 1. The van der Waals surface area contributed by atoms with Crippen molar-refractivity contribution in [1.82, 2.24) is 25.0 Å². The Labute approximate surface area is 165 Å². The number of piperazine rings is 1. The number of halogens is 1. The van der Waals surface area contributed by atoms with E-state index in [1.54, 1.807) is 0 Å². The molecule has 1 aromatic heterocycles. The summed E-state index contributed by atoms with van der Waals surface area (Å²) in [5.74, 6) is -0.857. The molecule has 1 fully saturated rings. The van der Waals surface area contributed by atoms with Crippen molar-refractivity contribution in [2.75, 3.05) is 32.4 Å². The molecule has 0 saturated carbocycles. The quantitative estimate of drug-likeness (QED) is 0.384. The van der Waals surface area contributed by atoms with Crippen molar-refractivity contribution in [3.05, 3.63) is 41.5 Å². The lowest BCUT2D eigenvalue weighted by Gasteiger charge is -2.33. The van der Waals surface area contributed by atoms with Crippen LogP contribution in [0.15, 0.2) is 33.9 Å². The molecule has 2 N–H and O–H groups in total. The number of hydrogen-bond donors (Lipinski definition) is 2. The van der Waals surface area contributed by atoms with Crippen LogP contribution in [0.2, 0.25) is 0 Å². The third kappa shape index (κ3) is 5.13. The van der Waals surface area contributed by atoms with E-state index in [-0.39, 0.29) is 55.7 Å². The Balaban J connectivity index is 1.71. The van der Waals surface area contributed by atoms with Crippen LogP contribution in [0.25, 0.3) is 0 Å². The fraction of sp³-hybridized carbons (Fsp3) is 0.375. The van der Waals surface area contributed by atoms with Crippen LogP contribution >= 0.6 is 0 Å². The van der Waals surface area contributed by atoms with Gasteiger partial charge >= 0.3 is 0 Å². The van der Waals surface area contributed by atoms with Gasteiger partial charge in [-0.15, -0.1) is 0 Å². The van der Waals surface area contributed by atoms with Crippen molar-refractivity contribution in [1.29, 1.82) is 0 Å². The first kappa shape index (κ1) is 20.8. The van der Waals surface area contributed by atoms with E-state index in [1.165, 1.54) is 33.5 Å². The largest absolute Gasteiger partial charge is 0.340 e. The van der Waals surface area contributed by atoms with Crippen LogP contribution in [0.4, 0.5) is 10.1 Å². The molecule has 3 rings (SSSR count). The number of hydrogen-bond acceptors (Lipinski definition) is 8. The average Bonchev–Trinajstić information content (AvgIpc) is 3.15. The average molecular weight is 426 g/mol. The number of nitrogens with zero attached hydrogens (tertiary/aromatic N) is 5. The van der Waals surface area contributed by atoms with Crippen molar-refractivity contribution in [2.24, 2.45) is 4.99 Å². The van der Waals surface area contributed by atoms with Gasteiger partial charge in [0.05, 0.1) is 18.4 Å². The molecular formula is C16H19FN6O5S. The highest BCUT2D eigenvalue weighted by Crippen LogP contribution is 2.16. The molecular weight excluding hydrogens is 407 g/mol. The van der Waals surface area contributed by atoms with Crippen molar-refractivity contribution in [2.45, 2.75) is 6.42 Å². The van der Waals surface area contributed by atoms with E-state index in [0.717, 1.165) is 6.26 Å². The Morgan fingerprint density at radius 2 is 1.90 bits per heavy atom. The van der Waals surface area contributed by atoms with Crippen LogP contribution in [0.3, 0.4) is 0 Å². The van der Waals surface area contributed by atoms with Crippen molar-refractivity contribution < 1.29 is 27.4 Å². The van der Waals surface area contributed by atoms with Gasteiger partial charge in [0.1, 0.15) is 11.5 Å². The van der Waals surface area contributed by atoms with Crippen molar-refractivity contribution in [3.8, 4) is 0 Å². The fourth-order valence-corrected chi connectivity index (χ4v) is 3.63. The maximum absolute atomic E-state index is 13.0. The standard InChI is InChI=1S/C16H19FN6O5S/c1-29(26,27)23-8-6-22(7-9-23)14(24)10-13-15(21-28-20-13)16(19-25)18-12-4-2-11(17)3-5-12/h2-5,25H,6-10H2,1H3,(H,18,19). The smallest absolute Gasteiger partial charge is 0.228 e. The molecule has 29 heavy (non-hydrogen) atoms. The lowest BCUT2D eigenvalue weighted by atomic mass is 10.2. The summed E-state index contributed by atoms with van der Waals surface area (Å²) in [6.45, 7) is 0.927. The van der Waals surface area contributed by atoms with Gasteiger partial charge in [0.25, 0.3) is 0 Å². The minimum atomic E-state index is -3.30. The summed E-state index contributed by atoms with van der Waals surface area (Å²) >= 11 is 0. The monoisotopic (exact) mass is 426 g/mol. The van der Waals surface area contributed by atoms with Crippen LogP contribution in [0, 0.1) is 5.82 Å². The Hall–Kier alpha value is -2.90. The fourth-order valence-electron chi connectivity index (χ4n) is 2.80. The molecule has 1 aliphatic rings. The van der Waals surface area contributed by atoms with E-state index in [9.17, 15) is 22.8 Å². The molecule has 1 amide bonds. The maximum Gasteiger partial charge on any atom is 0.228 e. The van der Waals surface area contributed by atoms with Gasteiger partial charge in [-0.3, -0.25) is 15.5 Å². The number of benzene rings is 1. The molecule has 156 valence electrons. The van der Waals surface area contributed by atoms with Gasteiger partial charge in [0.15, 0.2) is 11.5 Å². The second kappa shape index (κ2) is 8.63. The summed E-state index contributed by atoms with van der Waals surface area (Å²) in [6, 6.07) is 5.20. The number of aliphatic imine (C=N–C) groups is 1. The zero-order valence-corrected chi connectivity index (χ0v) is 16.3. The normalized spacial score (nSPS) is 16.1. The number of hydroxylamine groups is 1. The number of aromatic nitrogens is 2. The molecule has 1 aliphatic heterocycles. The van der Waals surface area contributed by atoms with Gasteiger partial charge in [-0.2, -0.15) is 4.31 Å². The van der Waals surface area contributed by atoms with E-state index in [1.807, 2.05) is 5.48 Å². The van der Waals surface area contributed by atoms with Crippen LogP contribution in [0.5, 0.6) is 0 Å². The van der Waals surface area contributed by atoms with Gasteiger partial charge in [-0.05, 0) is 29.4 Å². The Bertz CT molecular complexity index is 999. The molecule has 2 aromatic rings. The van der Waals surface area contributed by atoms with Crippen molar-refractivity contribution in [3.63, 3.8) is 0 Å². The molecule has 0 radical (unpaired) electrons. The summed E-state index contributed by atoms with van der Waals surface area (Å²) in [4.78, 5) is 18.2. The number of carbonyl (C=O) groups excluding carboxylic acids is 1. The summed E-state index contributed by atoms with van der Waals surface area (Å²) in [6.07, 6.45) is 0.948. The molecule has 0 aliphatic carbocycles. The lowest BCUT2D eigenvalue weighted by Crippen LogP contribution is -2.50. The topological polar surface area (TPSA) is 141 Å². The highest BCUT2D eigenvalue weighted by molar-refractivity contribution is 7.88. The van der Waals surface area contributed by atoms with E-state index >= 15 is 0 Å². The Morgan fingerprint density at radius 1 is 1.24 bits per heavy atom. The molecule has 0 atom stereocenters. The zero-order chi connectivity index (χ0) is 21.0. The van der Waals surface area contributed by atoms with E-state index in [2.05, 4.69) is 19.9 Å². The molecule has 2 heterocycles. The number of rotatable bonds is 5. The van der Waals surface area contributed by atoms with E-state index < -0.39 is 15.8 Å². The second-order valence-corrected chi connectivity index (χ2v) is 8.31. The van der Waals surface area contributed by atoms with Gasteiger partial charge in [0, 0.05) is 26.2 Å². The first-order chi connectivity index (χ1) is 13.8. The molecule has 0 unspecified atom stereocenters. The molecule has 0 bridgehead atoms. The van der Waals surface area contributed by atoms with Gasteiger partial charge < -0.3 is 4.90 Å². The van der Waals surface area contributed by atoms with Gasteiger partial charge in [-0.1, -0.05) is 5.16 Å². The molecule has 11 nitrogen and oxygen atoms in total. The highest BCUT2D eigenvalue weighted by atomic mass is 32.2. The number of amidine groups is 1. The van der Waals surface area contributed by atoms with Gasteiger partial charge in [-0.25, -0.2) is 22.4 Å². The van der Waals surface area contributed by atoms with Gasteiger partial charge in [0.2, 0.25) is 15.9 Å². The maximum atomic E-state index is 13.0. The summed E-state index contributed by atoms with van der Waals surface area (Å²) in [5.41, 5.74) is 2.38. The minimum absolute atomic E-state index is 0.0277. The van der Waals surface area contributed by atoms with Crippen LogP contribution in [0.1, 0.15) is 11.4 Å². The minimum Gasteiger partial charge on any atom is -0.340 e. The van der Waals surface area contributed by atoms with Crippen LogP contribution in [-0.4, -0.2) is 77.3 Å². The molecule has 0 spiro atoms.